The lowest BCUT2D eigenvalue weighted by Gasteiger charge is -2.36. The van der Waals surface area contributed by atoms with Crippen LogP contribution in [0.15, 0.2) is 35.5 Å². The van der Waals surface area contributed by atoms with E-state index in [0.29, 0.717) is 0 Å². The van der Waals surface area contributed by atoms with Gasteiger partial charge in [-0.05, 0) is 52.2 Å². The molecule has 6 heteroatoms. The average Bonchev–Trinajstić information content (AvgIpc) is 2.58. The van der Waals surface area contributed by atoms with Gasteiger partial charge in [-0.15, -0.1) is 11.8 Å². The van der Waals surface area contributed by atoms with Crippen LogP contribution in [-0.4, -0.2) is 44.9 Å². The normalized spacial score (nSPS) is 18.4. The Bertz CT molecular complexity index is 745. The fourth-order valence-corrected chi connectivity index (χ4v) is 3.93. The van der Waals surface area contributed by atoms with Crippen molar-refractivity contribution in [1.82, 2.24) is 14.9 Å². The topological polar surface area (TPSA) is 55.3 Å². The van der Waals surface area contributed by atoms with Crippen LogP contribution in [0.1, 0.15) is 40.0 Å². The number of carbonyl (C=O) groups excluding carboxylic acids is 1. The Kier molecular flexibility index (Phi) is 5.47. The summed E-state index contributed by atoms with van der Waals surface area (Å²) in [5.41, 5.74) is 1.34. The van der Waals surface area contributed by atoms with Crippen molar-refractivity contribution in [2.24, 2.45) is 0 Å². The van der Waals surface area contributed by atoms with E-state index in [1.54, 1.807) is 11.8 Å². The van der Waals surface area contributed by atoms with E-state index in [0.717, 1.165) is 47.6 Å². The second kappa shape index (κ2) is 7.60. The number of likely N-dealkylation sites (tertiary alicyclic amines) is 1. The van der Waals surface area contributed by atoms with Crippen LogP contribution in [0.3, 0.4) is 0 Å². The molecule has 0 bridgehead atoms. The minimum absolute atomic E-state index is 0.182. The molecule has 1 amide bonds. The number of hydrogen-bond acceptors (Lipinski definition) is 5. The van der Waals surface area contributed by atoms with Gasteiger partial charge in [-0.3, -0.25) is 4.98 Å². The zero-order valence-corrected chi connectivity index (χ0v) is 15.9. The number of thioether (sulfide) groups is 1. The SMILES string of the molecule is CC(C)(C)OC(=O)N1CCCC[C@@H]1CSc1cnc2ccccc2n1. The van der Waals surface area contributed by atoms with Gasteiger partial charge >= 0.3 is 6.09 Å². The maximum atomic E-state index is 12.5. The zero-order valence-electron chi connectivity index (χ0n) is 15.1. The maximum Gasteiger partial charge on any atom is 0.410 e. The molecule has 1 fully saturated rings. The highest BCUT2D eigenvalue weighted by Crippen LogP contribution is 2.26. The summed E-state index contributed by atoms with van der Waals surface area (Å²) in [5.74, 6) is 0.812. The number of aromatic nitrogens is 2. The van der Waals surface area contributed by atoms with Crippen molar-refractivity contribution in [3.63, 3.8) is 0 Å². The molecule has 1 saturated heterocycles. The molecule has 1 aromatic heterocycles. The molecular weight excluding hydrogens is 334 g/mol. The first kappa shape index (κ1) is 18.0. The van der Waals surface area contributed by atoms with Gasteiger partial charge in [0.1, 0.15) is 10.6 Å². The number of fused-ring (bicyclic) bond motifs is 1. The van der Waals surface area contributed by atoms with Crippen molar-refractivity contribution in [1.29, 1.82) is 0 Å². The van der Waals surface area contributed by atoms with Crippen LogP contribution in [-0.2, 0) is 4.74 Å². The zero-order chi connectivity index (χ0) is 17.9. The number of ether oxygens (including phenoxy) is 1. The number of hydrogen-bond donors (Lipinski definition) is 0. The minimum Gasteiger partial charge on any atom is -0.444 e. The summed E-state index contributed by atoms with van der Waals surface area (Å²) in [7, 11) is 0. The van der Waals surface area contributed by atoms with Gasteiger partial charge in [0, 0.05) is 18.3 Å². The fraction of sp³-hybridized carbons (Fsp3) is 0.526. The van der Waals surface area contributed by atoms with E-state index in [9.17, 15) is 4.79 Å². The third-order valence-electron chi connectivity index (χ3n) is 4.11. The fourth-order valence-electron chi connectivity index (χ4n) is 2.93. The first-order chi connectivity index (χ1) is 11.9. The van der Waals surface area contributed by atoms with Crippen molar-refractivity contribution < 1.29 is 9.53 Å². The van der Waals surface area contributed by atoms with Crippen molar-refractivity contribution in [2.45, 2.75) is 56.7 Å². The second-order valence-corrected chi connectivity index (χ2v) is 8.37. The Morgan fingerprint density at radius 2 is 2.04 bits per heavy atom. The molecule has 1 aliphatic heterocycles. The van der Waals surface area contributed by atoms with Gasteiger partial charge in [0.15, 0.2) is 0 Å². The van der Waals surface area contributed by atoms with Gasteiger partial charge in [0.2, 0.25) is 0 Å². The van der Waals surface area contributed by atoms with Crippen LogP contribution in [0.25, 0.3) is 11.0 Å². The molecule has 0 unspecified atom stereocenters. The lowest BCUT2D eigenvalue weighted by Crippen LogP contribution is -2.47. The van der Waals surface area contributed by atoms with Gasteiger partial charge in [0.25, 0.3) is 0 Å². The Balaban J connectivity index is 1.65. The number of piperidine rings is 1. The molecule has 0 spiro atoms. The molecule has 1 atom stereocenters. The van der Waals surface area contributed by atoms with E-state index >= 15 is 0 Å². The molecule has 2 heterocycles. The molecule has 5 nitrogen and oxygen atoms in total. The number of rotatable bonds is 3. The van der Waals surface area contributed by atoms with Crippen molar-refractivity contribution in [2.75, 3.05) is 12.3 Å². The van der Waals surface area contributed by atoms with Crippen LogP contribution in [0.2, 0.25) is 0 Å². The maximum absolute atomic E-state index is 12.5. The Hall–Kier alpha value is -1.82. The standard InChI is InChI=1S/C19H25N3O2S/c1-19(2,3)24-18(23)22-11-7-6-8-14(22)13-25-17-12-20-15-9-4-5-10-16(15)21-17/h4-5,9-10,12,14H,6-8,11,13H2,1-3H3/t14-/m1/s1. The first-order valence-corrected chi connectivity index (χ1v) is 9.75. The summed E-state index contributed by atoms with van der Waals surface area (Å²) >= 11 is 1.66. The molecule has 3 rings (SSSR count). The summed E-state index contributed by atoms with van der Waals surface area (Å²) in [4.78, 5) is 23.5. The number of amides is 1. The van der Waals surface area contributed by atoms with Crippen LogP contribution >= 0.6 is 11.8 Å². The molecule has 2 aromatic rings. The molecule has 134 valence electrons. The van der Waals surface area contributed by atoms with Crippen LogP contribution in [0.4, 0.5) is 4.79 Å². The second-order valence-electron chi connectivity index (χ2n) is 7.33. The van der Waals surface area contributed by atoms with Gasteiger partial charge in [-0.2, -0.15) is 0 Å². The summed E-state index contributed by atoms with van der Waals surface area (Å²) in [5, 5.41) is 0.897. The van der Waals surface area contributed by atoms with E-state index in [4.69, 9.17) is 4.74 Å². The molecule has 0 aliphatic carbocycles. The monoisotopic (exact) mass is 359 g/mol. The Morgan fingerprint density at radius 3 is 2.80 bits per heavy atom. The van der Waals surface area contributed by atoms with E-state index in [1.807, 2.05) is 56.1 Å². The highest BCUT2D eigenvalue weighted by atomic mass is 32.2. The third kappa shape index (κ3) is 4.84. The highest BCUT2D eigenvalue weighted by Gasteiger charge is 2.30. The number of benzene rings is 1. The van der Waals surface area contributed by atoms with E-state index in [1.165, 1.54) is 0 Å². The quantitative estimate of drug-likeness (QED) is 0.755. The molecule has 0 saturated carbocycles. The van der Waals surface area contributed by atoms with E-state index < -0.39 is 5.60 Å². The summed E-state index contributed by atoms with van der Waals surface area (Å²) < 4.78 is 5.57. The molecule has 0 N–H and O–H groups in total. The highest BCUT2D eigenvalue weighted by molar-refractivity contribution is 7.99. The van der Waals surface area contributed by atoms with Crippen LogP contribution < -0.4 is 0 Å². The third-order valence-corrected chi connectivity index (χ3v) is 5.15. The van der Waals surface area contributed by atoms with Gasteiger partial charge in [-0.1, -0.05) is 12.1 Å². The van der Waals surface area contributed by atoms with Gasteiger partial charge in [-0.25, -0.2) is 9.78 Å². The van der Waals surface area contributed by atoms with Gasteiger partial charge < -0.3 is 9.64 Å². The Labute approximate surface area is 153 Å². The van der Waals surface area contributed by atoms with Crippen molar-refractivity contribution in [3.8, 4) is 0 Å². The van der Waals surface area contributed by atoms with Crippen LogP contribution in [0, 0.1) is 0 Å². The lowest BCUT2D eigenvalue weighted by atomic mass is 10.0. The summed E-state index contributed by atoms with van der Waals surface area (Å²) in [6.45, 7) is 6.49. The largest absolute Gasteiger partial charge is 0.444 e. The molecule has 1 aliphatic rings. The van der Waals surface area contributed by atoms with Crippen molar-refractivity contribution in [3.05, 3.63) is 30.5 Å². The molecular formula is C19H25N3O2S. The number of nitrogens with zero attached hydrogens (tertiary/aromatic N) is 3. The molecule has 0 radical (unpaired) electrons. The first-order valence-electron chi connectivity index (χ1n) is 8.76. The van der Waals surface area contributed by atoms with Gasteiger partial charge in [0.05, 0.1) is 17.2 Å². The smallest absolute Gasteiger partial charge is 0.410 e. The van der Waals surface area contributed by atoms with E-state index in [2.05, 4.69) is 9.97 Å². The lowest BCUT2D eigenvalue weighted by molar-refractivity contribution is 0.0126. The van der Waals surface area contributed by atoms with E-state index in [-0.39, 0.29) is 12.1 Å². The Morgan fingerprint density at radius 1 is 1.28 bits per heavy atom. The van der Waals surface area contributed by atoms with Crippen molar-refractivity contribution >= 4 is 28.9 Å². The predicted molar refractivity (Wildman–Crippen MR) is 101 cm³/mol. The molecule has 1 aromatic carbocycles. The predicted octanol–water partition coefficient (Wildman–Crippen LogP) is 4.51. The number of para-hydroxylation sites is 2. The number of carbonyl (C=O) groups is 1. The van der Waals surface area contributed by atoms with Crippen LogP contribution in [0.5, 0.6) is 0 Å². The molecule has 25 heavy (non-hydrogen) atoms. The summed E-state index contributed by atoms with van der Waals surface area (Å²) in [6, 6.07) is 8.05. The average molecular weight is 359 g/mol. The minimum atomic E-state index is -0.462. The summed E-state index contributed by atoms with van der Waals surface area (Å²) in [6.07, 6.45) is 4.80.